The van der Waals surface area contributed by atoms with E-state index in [2.05, 4.69) is 35.7 Å². The van der Waals surface area contributed by atoms with Crippen LogP contribution in [0.15, 0.2) is 28.7 Å². The van der Waals surface area contributed by atoms with Gasteiger partial charge in [-0.2, -0.15) is 0 Å². The molecule has 24 heavy (non-hydrogen) atoms. The molecule has 3 heterocycles. The number of para-hydroxylation sites is 2. The van der Waals surface area contributed by atoms with E-state index in [4.69, 9.17) is 4.42 Å². The molecule has 0 aliphatic carbocycles. The number of imidazole rings is 1. The molecule has 0 unspecified atom stereocenters. The highest BCUT2D eigenvalue weighted by molar-refractivity contribution is 5.94. The number of nitrogens with zero attached hydrogens (tertiary/aromatic N) is 3. The van der Waals surface area contributed by atoms with Gasteiger partial charge >= 0.3 is 0 Å². The Morgan fingerprint density at radius 2 is 2.04 bits per heavy atom. The Morgan fingerprint density at radius 1 is 1.25 bits per heavy atom. The molecule has 0 spiro atoms. The topological polar surface area (TPSA) is 75.0 Å². The number of fused-ring (bicyclic) bond motifs is 2. The van der Waals surface area contributed by atoms with Gasteiger partial charge < -0.3 is 14.3 Å². The number of hydrogen-bond acceptors (Lipinski definition) is 4. The van der Waals surface area contributed by atoms with Crippen LogP contribution in [0, 0.1) is 0 Å². The van der Waals surface area contributed by atoms with Crippen molar-refractivity contribution in [1.29, 1.82) is 0 Å². The van der Waals surface area contributed by atoms with Crippen molar-refractivity contribution in [2.45, 2.75) is 39.2 Å². The summed E-state index contributed by atoms with van der Waals surface area (Å²) in [6.07, 6.45) is 0.685. The molecule has 1 aliphatic heterocycles. The highest BCUT2D eigenvalue weighted by Gasteiger charge is 2.30. The molecule has 0 bridgehead atoms. The van der Waals surface area contributed by atoms with Crippen LogP contribution in [-0.4, -0.2) is 32.3 Å². The van der Waals surface area contributed by atoms with Crippen molar-refractivity contribution in [3.8, 4) is 0 Å². The highest BCUT2D eigenvalue weighted by atomic mass is 16.4. The second-order valence-electron chi connectivity index (χ2n) is 7.22. The third-order valence-corrected chi connectivity index (χ3v) is 4.25. The van der Waals surface area contributed by atoms with Crippen LogP contribution in [0.4, 0.5) is 0 Å². The standard InChI is InChI=1S/C18H20N4O2/c1-18(2,3)17-21-13-10-22(9-8-14(13)24-17)16(23)15-19-11-6-4-5-7-12(11)20-15/h4-7H,8-10H2,1-3H3,(H,19,20). The summed E-state index contributed by atoms with van der Waals surface area (Å²) in [4.78, 5) is 26.6. The number of benzene rings is 1. The van der Waals surface area contributed by atoms with Crippen LogP contribution in [0.25, 0.3) is 11.0 Å². The molecule has 0 atom stereocenters. The second kappa shape index (κ2) is 5.19. The van der Waals surface area contributed by atoms with Crippen molar-refractivity contribution in [2.24, 2.45) is 0 Å². The van der Waals surface area contributed by atoms with Crippen LogP contribution in [-0.2, 0) is 18.4 Å². The minimum atomic E-state index is -0.134. The number of H-pyrrole nitrogens is 1. The zero-order valence-corrected chi connectivity index (χ0v) is 14.1. The van der Waals surface area contributed by atoms with Crippen molar-refractivity contribution < 1.29 is 9.21 Å². The molecule has 4 rings (SSSR count). The van der Waals surface area contributed by atoms with E-state index < -0.39 is 0 Å². The number of nitrogens with one attached hydrogen (secondary N) is 1. The average Bonchev–Trinajstić information content (AvgIpc) is 3.16. The number of carbonyl (C=O) groups is 1. The number of hydrogen-bond donors (Lipinski definition) is 1. The normalized spacial score (nSPS) is 14.9. The van der Waals surface area contributed by atoms with E-state index in [1.165, 1.54) is 0 Å². The molecular formula is C18H20N4O2. The fourth-order valence-corrected chi connectivity index (χ4v) is 2.90. The Labute approximate surface area is 139 Å². The fourth-order valence-electron chi connectivity index (χ4n) is 2.90. The van der Waals surface area contributed by atoms with Gasteiger partial charge in [-0.05, 0) is 12.1 Å². The maximum absolute atomic E-state index is 12.8. The minimum absolute atomic E-state index is 0.0999. The Kier molecular flexibility index (Phi) is 3.23. The summed E-state index contributed by atoms with van der Waals surface area (Å²) in [5.41, 5.74) is 2.39. The van der Waals surface area contributed by atoms with E-state index in [9.17, 15) is 4.79 Å². The van der Waals surface area contributed by atoms with Crippen LogP contribution in [0.1, 0.15) is 48.7 Å². The molecule has 0 radical (unpaired) electrons. The molecule has 2 aromatic heterocycles. The summed E-state index contributed by atoms with van der Waals surface area (Å²) in [5.74, 6) is 1.90. The number of amides is 1. The summed E-state index contributed by atoms with van der Waals surface area (Å²) < 4.78 is 5.88. The summed E-state index contributed by atoms with van der Waals surface area (Å²) in [6.45, 7) is 7.29. The third kappa shape index (κ3) is 2.48. The lowest BCUT2D eigenvalue weighted by Gasteiger charge is -2.24. The van der Waals surface area contributed by atoms with Crippen molar-refractivity contribution in [3.63, 3.8) is 0 Å². The van der Waals surface area contributed by atoms with Crippen LogP contribution >= 0.6 is 0 Å². The Bertz CT molecular complexity index is 884. The predicted molar refractivity (Wildman–Crippen MR) is 89.7 cm³/mol. The summed E-state index contributed by atoms with van der Waals surface area (Å²) in [6, 6.07) is 7.64. The second-order valence-corrected chi connectivity index (χ2v) is 7.22. The van der Waals surface area contributed by atoms with Crippen molar-refractivity contribution in [3.05, 3.63) is 47.4 Å². The van der Waals surface area contributed by atoms with Gasteiger partial charge in [0.25, 0.3) is 5.91 Å². The number of carbonyl (C=O) groups excluding carboxylic acids is 1. The van der Waals surface area contributed by atoms with E-state index in [1.807, 2.05) is 24.3 Å². The zero-order chi connectivity index (χ0) is 16.9. The largest absolute Gasteiger partial charge is 0.445 e. The smallest absolute Gasteiger partial charge is 0.290 e. The van der Waals surface area contributed by atoms with Gasteiger partial charge in [0.05, 0.1) is 17.6 Å². The Hall–Kier alpha value is -2.63. The number of rotatable bonds is 1. The van der Waals surface area contributed by atoms with Gasteiger partial charge in [-0.1, -0.05) is 32.9 Å². The first-order valence-corrected chi connectivity index (χ1v) is 8.15. The first kappa shape index (κ1) is 14.9. The van der Waals surface area contributed by atoms with Crippen molar-refractivity contribution >= 4 is 16.9 Å². The molecule has 6 heteroatoms. The van der Waals surface area contributed by atoms with Crippen LogP contribution in [0.2, 0.25) is 0 Å². The fraction of sp³-hybridized carbons (Fsp3) is 0.389. The minimum Gasteiger partial charge on any atom is -0.445 e. The van der Waals surface area contributed by atoms with Gasteiger partial charge in [0.1, 0.15) is 11.5 Å². The lowest BCUT2D eigenvalue weighted by atomic mass is 9.97. The van der Waals surface area contributed by atoms with E-state index in [1.54, 1.807) is 4.90 Å². The SMILES string of the molecule is CC(C)(C)c1nc2c(o1)CCN(C(=O)c1nc3ccccc3[nH]1)C2. The molecule has 0 saturated carbocycles. The lowest BCUT2D eigenvalue weighted by Crippen LogP contribution is -2.36. The lowest BCUT2D eigenvalue weighted by molar-refractivity contribution is 0.0717. The van der Waals surface area contributed by atoms with Gasteiger partial charge in [-0.15, -0.1) is 0 Å². The van der Waals surface area contributed by atoms with E-state index >= 15 is 0 Å². The molecule has 6 nitrogen and oxygen atoms in total. The summed E-state index contributed by atoms with van der Waals surface area (Å²) in [5, 5.41) is 0. The quantitative estimate of drug-likeness (QED) is 0.746. The number of aromatic nitrogens is 3. The number of oxazole rings is 1. The molecule has 0 saturated heterocycles. The average molecular weight is 324 g/mol. The van der Waals surface area contributed by atoms with Crippen LogP contribution in [0.3, 0.4) is 0 Å². The van der Waals surface area contributed by atoms with Gasteiger partial charge in [0.15, 0.2) is 11.7 Å². The molecule has 1 aliphatic rings. The molecule has 124 valence electrons. The van der Waals surface area contributed by atoms with Crippen LogP contribution in [0.5, 0.6) is 0 Å². The van der Waals surface area contributed by atoms with E-state index in [0.717, 1.165) is 28.4 Å². The Morgan fingerprint density at radius 3 is 2.79 bits per heavy atom. The molecule has 1 N–H and O–H groups in total. The molecule has 1 aromatic carbocycles. The first-order chi connectivity index (χ1) is 11.4. The monoisotopic (exact) mass is 324 g/mol. The van der Waals surface area contributed by atoms with Crippen molar-refractivity contribution in [1.82, 2.24) is 19.9 Å². The molecular weight excluding hydrogens is 304 g/mol. The maximum Gasteiger partial charge on any atom is 0.290 e. The Balaban J connectivity index is 1.59. The van der Waals surface area contributed by atoms with Crippen LogP contribution < -0.4 is 0 Å². The summed E-state index contributed by atoms with van der Waals surface area (Å²) in [7, 11) is 0. The van der Waals surface area contributed by atoms with Gasteiger partial charge in [-0.3, -0.25) is 4.79 Å². The van der Waals surface area contributed by atoms with Gasteiger partial charge in [0, 0.05) is 18.4 Å². The predicted octanol–water partition coefficient (Wildman–Crippen LogP) is 3.05. The van der Waals surface area contributed by atoms with Crippen molar-refractivity contribution in [2.75, 3.05) is 6.54 Å². The molecule has 3 aromatic rings. The first-order valence-electron chi connectivity index (χ1n) is 8.15. The van der Waals surface area contributed by atoms with E-state index in [0.29, 0.717) is 25.3 Å². The molecule has 0 fully saturated rings. The van der Waals surface area contributed by atoms with Gasteiger partial charge in [-0.25, -0.2) is 9.97 Å². The third-order valence-electron chi connectivity index (χ3n) is 4.25. The number of aromatic amines is 1. The highest BCUT2D eigenvalue weighted by Crippen LogP contribution is 2.27. The summed E-state index contributed by atoms with van der Waals surface area (Å²) >= 11 is 0. The maximum atomic E-state index is 12.8. The zero-order valence-electron chi connectivity index (χ0n) is 14.1. The van der Waals surface area contributed by atoms with Gasteiger partial charge in [0.2, 0.25) is 0 Å². The van der Waals surface area contributed by atoms with E-state index in [-0.39, 0.29) is 11.3 Å². The molecule has 1 amide bonds.